The molecule has 2 heterocycles. The van der Waals surface area contributed by atoms with Crippen molar-refractivity contribution in [3.05, 3.63) is 59.7 Å². The monoisotopic (exact) mass is 324 g/mol. The molecule has 1 aromatic carbocycles. The summed E-state index contributed by atoms with van der Waals surface area (Å²) in [6.07, 6.45) is 2.53. The highest BCUT2D eigenvalue weighted by molar-refractivity contribution is 5.94. The number of amides is 1. The summed E-state index contributed by atoms with van der Waals surface area (Å²) in [6.45, 7) is 2.77. The van der Waals surface area contributed by atoms with Gasteiger partial charge in [-0.05, 0) is 42.8 Å². The van der Waals surface area contributed by atoms with E-state index in [2.05, 4.69) is 9.88 Å². The number of nitriles is 1. The van der Waals surface area contributed by atoms with E-state index >= 15 is 0 Å². The molecule has 0 saturated carbocycles. The van der Waals surface area contributed by atoms with Gasteiger partial charge in [-0.2, -0.15) is 5.26 Å². The third kappa shape index (κ3) is 3.51. The molecule has 2 aromatic rings. The number of hydrogen-bond acceptors (Lipinski definition) is 4. The van der Waals surface area contributed by atoms with Crippen molar-refractivity contribution in [1.29, 1.82) is 5.26 Å². The first kappa shape index (κ1) is 15.9. The van der Waals surface area contributed by atoms with Crippen LogP contribution in [0.3, 0.4) is 0 Å². The topological polar surface area (TPSA) is 60.2 Å². The fourth-order valence-corrected chi connectivity index (χ4v) is 2.79. The van der Waals surface area contributed by atoms with E-state index in [1.807, 2.05) is 12.1 Å². The van der Waals surface area contributed by atoms with Gasteiger partial charge in [-0.3, -0.25) is 4.79 Å². The Morgan fingerprint density at radius 1 is 1.08 bits per heavy atom. The lowest BCUT2D eigenvalue weighted by Crippen LogP contribution is -2.35. The zero-order valence-corrected chi connectivity index (χ0v) is 13.2. The van der Waals surface area contributed by atoms with Crippen LogP contribution in [0.1, 0.15) is 22.5 Å². The number of pyridine rings is 1. The smallest absolute Gasteiger partial charge is 0.253 e. The minimum absolute atomic E-state index is 0.0743. The fourth-order valence-electron chi connectivity index (χ4n) is 2.79. The highest BCUT2D eigenvalue weighted by atomic mass is 19.1. The van der Waals surface area contributed by atoms with Gasteiger partial charge in [0.05, 0.1) is 11.9 Å². The first-order valence-electron chi connectivity index (χ1n) is 7.83. The number of benzene rings is 1. The summed E-state index contributed by atoms with van der Waals surface area (Å²) >= 11 is 0. The van der Waals surface area contributed by atoms with Crippen LogP contribution in [0.5, 0.6) is 0 Å². The maximum Gasteiger partial charge on any atom is 0.253 e. The Morgan fingerprint density at radius 2 is 1.88 bits per heavy atom. The molecule has 1 fully saturated rings. The van der Waals surface area contributed by atoms with Crippen molar-refractivity contribution >= 4 is 11.6 Å². The summed E-state index contributed by atoms with van der Waals surface area (Å²) < 4.78 is 13.0. The molecule has 0 atom stereocenters. The Bertz CT molecular complexity index is 752. The molecule has 0 bridgehead atoms. The molecule has 1 aromatic heterocycles. The molecule has 5 nitrogen and oxygen atoms in total. The van der Waals surface area contributed by atoms with E-state index in [9.17, 15) is 9.18 Å². The molecule has 0 radical (unpaired) electrons. The SMILES string of the molecule is N#Cc1ccc(N2CCCN(C(=O)c3ccc(F)cc3)CC2)cn1. The first-order chi connectivity index (χ1) is 11.7. The van der Waals surface area contributed by atoms with Crippen molar-refractivity contribution in [2.75, 3.05) is 31.1 Å². The maximum absolute atomic E-state index is 13.0. The normalized spacial score (nSPS) is 14.8. The van der Waals surface area contributed by atoms with Crippen LogP contribution in [-0.2, 0) is 0 Å². The Morgan fingerprint density at radius 3 is 2.54 bits per heavy atom. The molecule has 3 rings (SSSR count). The minimum Gasteiger partial charge on any atom is -0.368 e. The van der Waals surface area contributed by atoms with Gasteiger partial charge in [0, 0.05) is 31.7 Å². The number of carbonyl (C=O) groups is 1. The van der Waals surface area contributed by atoms with E-state index in [0.29, 0.717) is 30.9 Å². The largest absolute Gasteiger partial charge is 0.368 e. The third-order valence-corrected chi connectivity index (χ3v) is 4.10. The average Bonchev–Trinajstić information content (AvgIpc) is 2.88. The lowest BCUT2D eigenvalue weighted by molar-refractivity contribution is 0.0767. The van der Waals surface area contributed by atoms with Crippen LogP contribution in [-0.4, -0.2) is 42.0 Å². The van der Waals surface area contributed by atoms with Crippen molar-refractivity contribution in [3.8, 4) is 6.07 Å². The van der Waals surface area contributed by atoms with Gasteiger partial charge in [0.2, 0.25) is 0 Å². The fraction of sp³-hybridized carbons (Fsp3) is 0.278. The second-order valence-electron chi connectivity index (χ2n) is 5.65. The molecule has 0 spiro atoms. The highest BCUT2D eigenvalue weighted by Gasteiger charge is 2.20. The van der Waals surface area contributed by atoms with Crippen LogP contribution in [0.25, 0.3) is 0 Å². The van der Waals surface area contributed by atoms with Gasteiger partial charge in [0.25, 0.3) is 5.91 Å². The molecule has 0 N–H and O–H groups in total. The Balaban J connectivity index is 1.67. The van der Waals surface area contributed by atoms with Crippen LogP contribution in [0.15, 0.2) is 42.6 Å². The number of rotatable bonds is 2. The van der Waals surface area contributed by atoms with Gasteiger partial charge in [0.1, 0.15) is 17.6 Å². The highest BCUT2D eigenvalue weighted by Crippen LogP contribution is 2.17. The van der Waals surface area contributed by atoms with Crippen LogP contribution >= 0.6 is 0 Å². The maximum atomic E-state index is 13.0. The zero-order valence-electron chi connectivity index (χ0n) is 13.2. The molecular weight excluding hydrogens is 307 g/mol. The van der Waals surface area contributed by atoms with Crippen molar-refractivity contribution < 1.29 is 9.18 Å². The van der Waals surface area contributed by atoms with Gasteiger partial charge >= 0.3 is 0 Å². The lowest BCUT2D eigenvalue weighted by Gasteiger charge is -2.23. The predicted molar refractivity (Wildman–Crippen MR) is 88.1 cm³/mol. The summed E-state index contributed by atoms with van der Waals surface area (Å²) in [5, 5.41) is 8.81. The Labute approximate surface area is 139 Å². The molecule has 6 heteroatoms. The minimum atomic E-state index is -0.345. The molecule has 1 aliphatic rings. The van der Waals surface area contributed by atoms with E-state index in [-0.39, 0.29) is 11.7 Å². The lowest BCUT2D eigenvalue weighted by atomic mass is 10.2. The molecule has 0 aliphatic carbocycles. The second kappa shape index (κ2) is 7.09. The van der Waals surface area contributed by atoms with Crippen LogP contribution < -0.4 is 4.90 Å². The van der Waals surface area contributed by atoms with Crippen molar-refractivity contribution in [3.63, 3.8) is 0 Å². The van der Waals surface area contributed by atoms with Crippen molar-refractivity contribution in [2.24, 2.45) is 0 Å². The van der Waals surface area contributed by atoms with Crippen molar-refractivity contribution in [1.82, 2.24) is 9.88 Å². The zero-order chi connectivity index (χ0) is 16.9. The number of hydrogen-bond donors (Lipinski definition) is 0. The van der Waals surface area contributed by atoms with Gasteiger partial charge in [0.15, 0.2) is 0 Å². The summed E-state index contributed by atoms with van der Waals surface area (Å²) in [4.78, 5) is 20.6. The molecule has 122 valence electrons. The van der Waals surface area contributed by atoms with Gasteiger partial charge in [-0.25, -0.2) is 9.37 Å². The molecule has 1 aliphatic heterocycles. The molecule has 1 amide bonds. The van der Waals surface area contributed by atoms with Gasteiger partial charge in [-0.15, -0.1) is 0 Å². The first-order valence-corrected chi connectivity index (χ1v) is 7.83. The third-order valence-electron chi connectivity index (χ3n) is 4.10. The summed E-state index contributed by atoms with van der Waals surface area (Å²) in [7, 11) is 0. The van der Waals surface area contributed by atoms with Crippen LogP contribution in [0.4, 0.5) is 10.1 Å². The van der Waals surface area contributed by atoms with Crippen LogP contribution in [0, 0.1) is 17.1 Å². The average molecular weight is 324 g/mol. The van der Waals surface area contributed by atoms with E-state index in [1.165, 1.54) is 24.3 Å². The summed E-state index contributed by atoms with van der Waals surface area (Å²) in [5.74, 6) is -0.420. The van der Waals surface area contributed by atoms with Crippen LogP contribution in [0.2, 0.25) is 0 Å². The second-order valence-corrected chi connectivity index (χ2v) is 5.65. The van der Waals surface area contributed by atoms with Gasteiger partial charge in [-0.1, -0.05) is 0 Å². The number of aromatic nitrogens is 1. The van der Waals surface area contributed by atoms with Crippen molar-refractivity contribution in [2.45, 2.75) is 6.42 Å². The predicted octanol–water partition coefficient (Wildman–Crippen LogP) is 2.44. The number of nitrogens with zero attached hydrogens (tertiary/aromatic N) is 4. The Kier molecular flexibility index (Phi) is 4.71. The quantitative estimate of drug-likeness (QED) is 0.851. The number of anilines is 1. The standard InChI is InChI=1S/C18H17FN4O/c19-15-4-2-14(3-5-15)18(24)23-9-1-8-22(10-11-23)17-7-6-16(12-20)21-13-17/h2-7,13H,1,8-11H2. The molecule has 1 saturated heterocycles. The Hall–Kier alpha value is -2.94. The molecule has 0 unspecified atom stereocenters. The van der Waals surface area contributed by atoms with E-state index in [1.54, 1.807) is 17.2 Å². The number of carbonyl (C=O) groups excluding carboxylic acids is 1. The van der Waals surface area contributed by atoms with E-state index < -0.39 is 0 Å². The van der Waals surface area contributed by atoms with E-state index in [4.69, 9.17) is 5.26 Å². The molecular formula is C18H17FN4O. The van der Waals surface area contributed by atoms with Gasteiger partial charge < -0.3 is 9.80 Å². The van der Waals surface area contributed by atoms with E-state index in [0.717, 1.165) is 18.7 Å². The molecule has 24 heavy (non-hydrogen) atoms. The summed E-state index contributed by atoms with van der Waals surface area (Å²) in [5.41, 5.74) is 1.84. The number of halogens is 1. The summed E-state index contributed by atoms with van der Waals surface area (Å²) in [6, 6.07) is 11.2.